The Morgan fingerprint density at radius 3 is 2.15 bits per heavy atom. The van der Waals surface area contributed by atoms with Crippen LogP contribution in [0.4, 0.5) is 11.8 Å². The number of nitrogen functional groups attached to an aromatic ring is 1. The van der Waals surface area contributed by atoms with E-state index in [9.17, 15) is 24.4 Å². The van der Waals surface area contributed by atoms with E-state index < -0.39 is 67.8 Å². The Hall–Kier alpha value is -2.92. The Labute approximate surface area is 273 Å². The van der Waals surface area contributed by atoms with Crippen molar-refractivity contribution in [2.75, 3.05) is 31.9 Å². The lowest BCUT2D eigenvalue weighted by molar-refractivity contribution is -0.143. The summed E-state index contributed by atoms with van der Waals surface area (Å²) in [4.78, 5) is 38.4. The number of carbonyl (C=O) groups excluding carboxylic acids is 2. The van der Waals surface area contributed by atoms with Crippen LogP contribution in [0.5, 0.6) is 0 Å². The molecule has 2 saturated carbocycles. The number of rotatable bonds is 16. The molecule has 1 saturated heterocycles. The normalized spacial score (nSPS) is 29.4. The summed E-state index contributed by atoms with van der Waals surface area (Å²) < 4.78 is 38.0. The third-order valence-electron chi connectivity index (χ3n) is 8.94. The van der Waals surface area contributed by atoms with Crippen molar-refractivity contribution in [3.05, 3.63) is 6.33 Å². The summed E-state index contributed by atoms with van der Waals surface area (Å²) in [6.45, 7) is 8.70. The fourth-order valence-corrected chi connectivity index (χ4v) is 8.26. The van der Waals surface area contributed by atoms with Gasteiger partial charge in [0.2, 0.25) is 5.95 Å². The van der Waals surface area contributed by atoms with Gasteiger partial charge >= 0.3 is 19.6 Å². The molecular formula is C29H47N8O9P. The zero-order valence-corrected chi connectivity index (χ0v) is 28.7. The minimum atomic E-state index is -4.25. The maximum Gasteiger partial charge on any atom is 0.342 e. The number of nitrogens with one attached hydrogen (secondary N) is 3. The molecule has 7 atom stereocenters. The molecule has 0 aromatic carbocycles. The van der Waals surface area contributed by atoms with Gasteiger partial charge in [-0.2, -0.15) is 9.97 Å². The number of anilines is 2. The second-order valence-electron chi connectivity index (χ2n) is 13.6. The molecule has 18 heteroatoms. The van der Waals surface area contributed by atoms with E-state index in [1.165, 1.54) is 20.5 Å². The van der Waals surface area contributed by atoms with E-state index in [4.69, 9.17) is 24.5 Å². The number of nitrogens with zero attached hydrogens (tertiary/aromatic N) is 4. The number of hydrogen-bond donors (Lipinski definition) is 6. The molecule has 1 aliphatic heterocycles. The standard InChI is InChI=1S/C29H47N8O9P/c1-14(2)10-17(24(39)43-6)35-47(42,36-18(11-15(3)4)25(40)44-7)45-12-19-21(38)29(41)26(28(29,5)46-19)37-13-31-20-22(32-16-8-9-16)33-27(30)34-23(20)37/h13-19,21,26,38,41H,8-12H2,1-7H3,(H2,35,36,42)(H3,30,32,33,34). The van der Waals surface area contributed by atoms with E-state index in [0.717, 1.165) is 12.8 Å². The van der Waals surface area contributed by atoms with Gasteiger partial charge < -0.3 is 44.6 Å². The summed E-state index contributed by atoms with van der Waals surface area (Å²) in [6.07, 6.45) is 1.39. The number of carbonyl (C=O) groups is 2. The second-order valence-corrected chi connectivity index (χ2v) is 15.5. The number of fused-ring (bicyclic) bond motifs is 2. The lowest BCUT2D eigenvalue weighted by atomic mass is 10.1. The molecule has 0 bridgehead atoms. The molecule has 47 heavy (non-hydrogen) atoms. The van der Waals surface area contributed by atoms with Gasteiger partial charge in [-0.1, -0.05) is 27.7 Å². The van der Waals surface area contributed by atoms with Crippen LogP contribution in [0, 0.1) is 11.8 Å². The quantitative estimate of drug-likeness (QED) is 0.108. The molecule has 7 N–H and O–H groups in total. The Kier molecular flexibility index (Phi) is 9.92. The van der Waals surface area contributed by atoms with Crippen molar-refractivity contribution in [2.45, 2.75) is 108 Å². The van der Waals surface area contributed by atoms with Crippen LogP contribution in [0.3, 0.4) is 0 Å². The van der Waals surface area contributed by atoms with Crippen LogP contribution in [-0.4, -0.2) is 104 Å². The molecule has 17 nitrogen and oxygen atoms in total. The van der Waals surface area contributed by atoms with Gasteiger partial charge in [0.05, 0.1) is 27.2 Å². The van der Waals surface area contributed by atoms with Crippen molar-refractivity contribution in [3.63, 3.8) is 0 Å². The predicted molar refractivity (Wildman–Crippen MR) is 170 cm³/mol. The number of aliphatic hydroxyl groups is 2. The first-order valence-corrected chi connectivity index (χ1v) is 17.5. The molecule has 5 rings (SSSR count). The van der Waals surface area contributed by atoms with E-state index in [-0.39, 0.29) is 36.7 Å². The van der Waals surface area contributed by atoms with Crippen LogP contribution in [-0.2, 0) is 32.9 Å². The largest absolute Gasteiger partial charge is 0.468 e. The Morgan fingerprint density at radius 1 is 1.11 bits per heavy atom. The maximum atomic E-state index is 14.4. The summed E-state index contributed by atoms with van der Waals surface area (Å²) in [6, 6.07) is -2.60. The first-order chi connectivity index (χ1) is 22.1. The first-order valence-electron chi connectivity index (χ1n) is 15.9. The van der Waals surface area contributed by atoms with Gasteiger partial charge in [-0.15, -0.1) is 0 Å². The lowest BCUT2D eigenvalue weighted by Crippen LogP contribution is -2.46. The molecule has 262 valence electrons. The first kappa shape index (κ1) is 35.4. The molecule has 0 amide bonds. The second kappa shape index (κ2) is 13.2. The Bertz CT molecular complexity index is 1500. The van der Waals surface area contributed by atoms with E-state index in [2.05, 4.69) is 30.4 Å². The average Bonchev–Trinajstić information content (AvgIpc) is 3.82. The molecule has 3 fully saturated rings. The van der Waals surface area contributed by atoms with Gasteiger partial charge in [0.25, 0.3) is 0 Å². The van der Waals surface area contributed by atoms with Crippen LogP contribution in [0.1, 0.15) is 66.3 Å². The Morgan fingerprint density at radius 2 is 1.68 bits per heavy atom. The number of methoxy groups -OCH3 is 2. The van der Waals surface area contributed by atoms with Crippen molar-refractivity contribution in [1.29, 1.82) is 0 Å². The number of aliphatic hydroxyl groups excluding tert-OH is 1. The molecule has 3 aliphatic rings. The number of ether oxygens (including phenoxy) is 3. The smallest absolute Gasteiger partial charge is 0.342 e. The van der Waals surface area contributed by atoms with Crippen molar-refractivity contribution >= 4 is 42.5 Å². The highest BCUT2D eigenvalue weighted by atomic mass is 31.2. The monoisotopic (exact) mass is 682 g/mol. The van der Waals surface area contributed by atoms with Crippen LogP contribution < -0.4 is 21.2 Å². The van der Waals surface area contributed by atoms with Gasteiger partial charge in [0, 0.05) is 6.04 Å². The van der Waals surface area contributed by atoms with Crippen LogP contribution in [0.2, 0.25) is 0 Å². The topological polar surface area (TPSA) is 234 Å². The summed E-state index contributed by atoms with van der Waals surface area (Å²) in [5, 5.41) is 32.0. The fraction of sp³-hybridized carbons (Fsp3) is 0.759. The van der Waals surface area contributed by atoms with Crippen LogP contribution in [0.25, 0.3) is 11.2 Å². The highest BCUT2D eigenvalue weighted by molar-refractivity contribution is 7.54. The molecule has 2 aliphatic carbocycles. The number of nitrogens with two attached hydrogens (primary N) is 1. The maximum absolute atomic E-state index is 14.4. The number of aromatic nitrogens is 4. The predicted octanol–water partition coefficient (Wildman–Crippen LogP) is 1.27. The van der Waals surface area contributed by atoms with Gasteiger partial charge in [0.15, 0.2) is 17.0 Å². The number of esters is 2. The molecule has 7 unspecified atom stereocenters. The zero-order chi connectivity index (χ0) is 34.5. The summed E-state index contributed by atoms with van der Waals surface area (Å²) in [5.41, 5.74) is 3.74. The molecule has 0 radical (unpaired) electrons. The number of imidazole rings is 1. The number of hydrogen-bond acceptors (Lipinski definition) is 14. The van der Waals surface area contributed by atoms with Gasteiger partial charge in [0.1, 0.15) is 41.5 Å². The third kappa shape index (κ3) is 6.84. The molecule has 2 aromatic rings. The van der Waals surface area contributed by atoms with E-state index in [1.807, 2.05) is 27.7 Å². The SMILES string of the molecule is COC(=O)C(CC(C)C)NP(=O)(NC(CC(C)C)C(=O)OC)OCC1OC2(C)C(n3cnc4c(NC5CC5)nc(N)nc43)C2(O)C1O. The van der Waals surface area contributed by atoms with Crippen molar-refractivity contribution in [2.24, 2.45) is 11.8 Å². The summed E-state index contributed by atoms with van der Waals surface area (Å²) in [5.74, 6) is -0.807. The van der Waals surface area contributed by atoms with Crippen molar-refractivity contribution < 1.29 is 43.1 Å². The molecular weight excluding hydrogens is 635 g/mol. The van der Waals surface area contributed by atoms with Crippen molar-refractivity contribution in [3.8, 4) is 0 Å². The van der Waals surface area contributed by atoms with Gasteiger partial charge in [-0.3, -0.25) is 14.2 Å². The van der Waals surface area contributed by atoms with E-state index in [1.54, 1.807) is 11.5 Å². The van der Waals surface area contributed by atoms with Gasteiger partial charge in [-0.05, 0) is 44.4 Å². The average molecular weight is 683 g/mol. The summed E-state index contributed by atoms with van der Waals surface area (Å²) >= 11 is 0. The minimum Gasteiger partial charge on any atom is -0.468 e. The minimum absolute atomic E-state index is 0.00536. The Balaban J connectivity index is 1.36. The molecule has 2 aromatic heterocycles. The van der Waals surface area contributed by atoms with E-state index in [0.29, 0.717) is 17.0 Å². The fourth-order valence-electron chi connectivity index (χ4n) is 6.43. The van der Waals surface area contributed by atoms with Crippen LogP contribution >= 0.6 is 7.67 Å². The lowest BCUT2D eigenvalue weighted by Gasteiger charge is -2.31. The molecule has 3 heterocycles. The third-order valence-corrected chi connectivity index (χ3v) is 10.8. The highest BCUT2D eigenvalue weighted by Gasteiger charge is 2.85. The van der Waals surface area contributed by atoms with E-state index >= 15 is 0 Å². The molecule has 0 spiro atoms. The summed E-state index contributed by atoms with van der Waals surface area (Å²) in [7, 11) is -1.82. The van der Waals surface area contributed by atoms with Gasteiger partial charge in [-0.25, -0.2) is 15.2 Å². The van der Waals surface area contributed by atoms with Crippen molar-refractivity contribution in [1.82, 2.24) is 29.7 Å². The van der Waals surface area contributed by atoms with Crippen LogP contribution in [0.15, 0.2) is 6.33 Å². The zero-order valence-electron chi connectivity index (χ0n) is 27.8. The highest BCUT2D eigenvalue weighted by Crippen LogP contribution is 2.68.